The summed E-state index contributed by atoms with van der Waals surface area (Å²) in [6.07, 6.45) is 0. The van der Waals surface area contributed by atoms with Gasteiger partial charge in [-0.15, -0.1) is 0 Å². The Balaban J connectivity index is 2.40. The lowest BCUT2D eigenvalue weighted by Crippen LogP contribution is -2.27. The maximum absolute atomic E-state index is 12.4. The average Bonchev–Trinajstić information content (AvgIpc) is 2.44. The Hall–Kier alpha value is -2.58. The first-order valence-corrected chi connectivity index (χ1v) is 6.11. The van der Waals surface area contributed by atoms with E-state index in [0.717, 1.165) is 0 Å². The van der Waals surface area contributed by atoms with Crippen LogP contribution < -0.4 is 10.6 Å². The Bertz CT molecular complexity index is 688. The number of anilines is 2. The van der Waals surface area contributed by atoms with E-state index >= 15 is 0 Å². The molecule has 2 aromatic rings. The fourth-order valence-electron chi connectivity index (χ4n) is 1.80. The van der Waals surface area contributed by atoms with Gasteiger partial charge in [-0.05, 0) is 24.3 Å². The summed E-state index contributed by atoms with van der Waals surface area (Å²) in [6, 6.07) is 11.8. The van der Waals surface area contributed by atoms with Crippen LogP contribution in [0.3, 0.4) is 0 Å². The number of benzene rings is 1. The summed E-state index contributed by atoms with van der Waals surface area (Å²) in [4.78, 5) is 17.6. The SMILES string of the molecule is CN(C(=O)c1cc(N)nc(Cl)c1)c1ccccc1C#N. The standard InChI is InChI=1S/C14H11ClN4O/c1-19(11-5-3-2-4-9(11)8-16)14(20)10-6-12(15)18-13(17)7-10/h2-7H,1H3,(H2,17,18). The van der Waals surface area contributed by atoms with Gasteiger partial charge in [-0.1, -0.05) is 23.7 Å². The Morgan fingerprint density at radius 1 is 1.40 bits per heavy atom. The fraction of sp³-hybridized carbons (Fsp3) is 0.0714. The lowest BCUT2D eigenvalue weighted by Gasteiger charge is -2.18. The molecule has 0 atom stereocenters. The summed E-state index contributed by atoms with van der Waals surface area (Å²) in [5.41, 5.74) is 6.82. The zero-order valence-corrected chi connectivity index (χ0v) is 11.4. The van der Waals surface area contributed by atoms with Gasteiger partial charge >= 0.3 is 0 Å². The number of hydrogen-bond acceptors (Lipinski definition) is 4. The van der Waals surface area contributed by atoms with Gasteiger partial charge in [0.2, 0.25) is 0 Å². The second-order valence-corrected chi connectivity index (χ2v) is 4.48. The molecule has 1 amide bonds. The zero-order valence-electron chi connectivity index (χ0n) is 10.7. The molecule has 1 aromatic heterocycles. The number of carbonyl (C=O) groups excluding carboxylic acids is 1. The van der Waals surface area contributed by atoms with Crippen molar-refractivity contribution in [3.05, 3.63) is 52.7 Å². The summed E-state index contributed by atoms with van der Waals surface area (Å²) in [7, 11) is 1.59. The lowest BCUT2D eigenvalue weighted by molar-refractivity contribution is 0.0993. The number of aromatic nitrogens is 1. The van der Waals surface area contributed by atoms with Crippen molar-refractivity contribution in [3.63, 3.8) is 0 Å². The van der Waals surface area contributed by atoms with Gasteiger partial charge in [0.05, 0.1) is 11.3 Å². The van der Waals surface area contributed by atoms with Gasteiger partial charge in [-0.3, -0.25) is 4.79 Å². The van der Waals surface area contributed by atoms with Gasteiger partial charge in [0, 0.05) is 12.6 Å². The van der Waals surface area contributed by atoms with E-state index in [-0.39, 0.29) is 16.9 Å². The van der Waals surface area contributed by atoms with E-state index in [4.69, 9.17) is 22.6 Å². The normalized spacial score (nSPS) is 9.85. The van der Waals surface area contributed by atoms with Gasteiger partial charge in [-0.25, -0.2) is 4.98 Å². The van der Waals surface area contributed by atoms with E-state index in [0.29, 0.717) is 16.8 Å². The van der Waals surface area contributed by atoms with Crippen molar-refractivity contribution in [2.75, 3.05) is 17.7 Å². The number of carbonyl (C=O) groups is 1. The van der Waals surface area contributed by atoms with Crippen molar-refractivity contribution >= 4 is 29.0 Å². The van der Waals surface area contributed by atoms with Crippen LogP contribution in [0.25, 0.3) is 0 Å². The van der Waals surface area contributed by atoms with Crippen molar-refractivity contribution in [2.24, 2.45) is 0 Å². The van der Waals surface area contributed by atoms with Crippen LogP contribution in [0.5, 0.6) is 0 Å². The molecule has 0 saturated carbocycles. The van der Waals surface area contributed by atoms with Crippen LogP contribution >= 0.6 is 11.6 Å². The van der Waals surface area contributed by atoms with Crippen molar-refractivity contribution in [3.8, 4) is 6.07 Å². The second-order valence-electron chi connectivity index (χ2n) is 4.10. The van der Waals surface area contributed by atoms with Crippen molar-refractivity contribution in [2.45, 2.75) is 0 Å². The second kappa shape index (κ2) is 5.59. The molecule has 2 N–H and O–H groups in total. The Kier molecular flexibility index (Phi) is 3.87. The smallest absolute Gasteiger partial charge is 0.258 e. The molecule has 0 aliphatic carbocycles. The van der Waals surface area contributed by atoms with E-state index in [1.54, 1.807) is 31.3 Å². The van der Waals surface area contributed by atoms with E-state index in [2.05, 4.69) is 4.98 Å². The van der Waals surface area contributed by atoms with Gasteiger partial charge in [0.15, 0.2) is 0 Å². The molecule has 0 aliphatic rings. The van der Waals surface area contributed by atoms with E-state index in [9.17, 15) is 4.79 Å². The number of nitriles is 1. The summed E-state index contributed by atoms with van der Waals surface area (Å²) >= 11 is 5.79. The highest BCUT2D eigenvalue weighted by atomic mass is 35.5. The highest BCUT2D eigenvalue weighted by Gasteiger charge is 2.17. The molecular weight excluding hydrogens is 276 g/mol. The summed E-state index contributed by atoms with van der Waals surface area (Å²) in [5.74, 6) is -0.147. The van der Waals surface area contributed by atoms with Gasteiger partial charge in [-0.2, -0.15) is 5.26 Å². The molecule has 0 spiro atoms. The summed E-state index contributed by atoms with van der Waals surface area (Å²) in [6.45, 7) is 0. The van der Waals surface area contributed by atoms with Crippen LogP contribution in [0.15, 0.2) is 36.4 Å². The first-order valence-electron chi connectivity index (χ1n) is 5.73. The maximum atomic E-state index is 12.4. The molecule has 2 rings (SSSR count). The topological polar surface area (TPSA) is 83.0 Å². The van der Waals surface area contributed by atoms with Crippen LogP contribution in [0.2, 0.25) is 5.15 Å². The van der Waals surface area contributed by atoms with Gasteiger partial charge in [0.25, 0.3) is 5.91 Å². The number of nitrogen functional groups attached to an aromatic ring is 1. The average molecular weight is 287 g/mol. The predicted molar refractivity (Wildman–Crippen MR) is 77.5 cm³/mol. The Morgan fingerprint density at radius 2 is 2.10 bits per heavy atom. The molecular formula is C14H11ClN4O. The van der Waals surface area contributed by atoms with E-state index in [1.807, 2.05) is 6.07 Å². The third kappa shape index (κ3) is 2.71. The Labute approximate surface area is 121 Å². The zero-order chi connectivity index (χ0) is 14.7. The molecule has 0 fully saturated rings. The number of para-hydroxylation sites is 1. The molecule has 100 valence electrons. The molecule has 0 unspecified atom stereocenters. The van der Waals surface area contributed by atoms with Crippen molar-refractivity contribution in [1.82, 2.24) is 4.98 Å². The largest absolute Gasteiger partial charge is 0.384 e. The van der Waals surface area contributed by atoms with Crippen LogP contribution in [-0.2, 0) is 0 Å². The van der Waals surface area contributed by atoms with Crippen molar-refractivity contribution < 1.29 is 4.79 Å². The Morgan fingerprint density at radius 3 is 2.75 bits per heavy atom. The first-order chi connectivity index (χ1) is 9.52. The monoisotopic (exact) mass is 286 g/mol. The predicted octanol–water partition coefficient (Wildman–Crippen LogP) is 2.47. The third-order valence-electron chi connectivity index (χ3n) is 2.75. The van der Waals surface area contributed by atoms with Crippen LogP contribution in [-0.4, -0.2) is 17.9 Å². The first kappa shape index (κ1) is 13.8. The number of hydrogen-bond donors (Lipinski definition) is 1. The van der Waals surface area contributed by atoms with Crippen LogP contribution in [0.4, 0.5) is 11.5 Å². The summed E-state index contributed by atoms with van der Waals surface area (Å²) in [5, 5.41) is 9.22. The molecule has 5 nitrogen and oxygen atoms in total. The lowest BCUT2D eigenvalue weighted by atomic mass is 10.1. The minimum absolute atomic E-state index is 0.148. The number of amides is 1. The quantitative estimate of drug-likeness (QED) is 0.860. The highest BCUT2D eigenvalue weighted by Crippen LogP contribution is 2.21. The molecule has 0 bridgehead atoms. The molecule has 1 heterocycles. The van der Waals surface area contributed by atoms with E-state index < -0.39 is 0 Å². The van der Waals surface area contributed by atoms with Crippen molar-refractivity contribution in [1.29, 1.82) is 5.26 Å². The number of nitrogens with zero attached hydrogens (tertiary/aromatic N) is 3. The van der Waals surface area contributed by atoms with Gasteiger partial charge in [0.1, 0.15) is 17.0 Å². The molecule has 6 heteroatoms. The molecule has 0 radical (unpaired) electrons. The molecule has 20 heavy (non-hydrogen) atoms. The van der Waals surface area contributed by atoms with Crippen LogP contribution in [0, 0.1) is 11.3 Å². The molecule has 0 aliphatic heterocycles. The fourth-order valence-corrected chi connectivity index (χ4v) is 2.02. The number of nitrogens with two attached hydrogens (primary N) is 1. The molecule has 0 saturated heterocycles. The third-order valence-corrected chi connectivity index (χ3v) is 2.94. The van der Waals surface area contributed by atoms with Gasteiger partial charge < -0.3 is 10.6 Å². The van der Waals surface area contributed by atoms with Crippen LogP contribution in [0.1, 0.15) is 15.9 Å². The summed E-state index contributed by atoms with van der Waals surface area (Å²) < 4.78 is 0. The molecule has 1 aromatic carbocycles. The minimum atomic E-state index is -0.316. The number of halogens is 1. The maximum Gasteiger partial charge on any atom is 0.258 e. The van der Waals surface area contributed by atoms with E-state index in [1.165, 1.54) is 17.0 Å². The number of rotatable bonds is 2. The number of pyridine rings is 1. The highest BCUT2D eigenvalue weighted by molar-refractivity contribution is 6.30. The minimum Gasteiger partial charge on any atom is -0.384 e.